The fraction of sp³-hybridized carbons (Fsp3) is 0.545. The van der Waals surface area contributed by atoms with E-state index < -0.39 is 0 Å². The number of carbonyl (C=O) groups is 1. The number of anilines is 1. The highest BCUT2D eigenvalue weighted by Gasteiger charge is 2.50. The van der Waals surface area contributed by atoms with Crippen LogP contribution in [-0.2, 0) is 10.3 Å². The van der Waals surface area contributed by atoms with Crippen LogP contribution >= 0.6 is 0 Å². The third-order valence-electron chi connectivity index (χ3n) is 5.95. The van der Waals surface area contributed by atoms with E-state index in [9.17, 15) is 4.79 Å². The van der Waals surface area contributed by atoms with Crippen molar-refractivity contribution in [2.24, 2.45) is 5.92 Å². The van der Waals surface area contributed by atoms with Gasteiger partial charge >= 0.3 is 0 Å². The molecule has 0 aliphatic carbocycles. The van der Waals surface area contributed by atoms with Gasteiger partial charge in [-0.2, -0.15) is 0 Å². The molecule has 4 heterocycles. The van der Waals surface area contributed by atoms with Crippen molar-refractivity contribution in [3.63, 3.8) is 0 Å². The van der Waals surface area contributed by atoms with Gasteiger partial charge in [-0.15, -0.1) is 0 Å². The van der Waals surface area contributed by atoms with Gasteiger partial charge in [-0.1, -0.05) is 27.2 Å². The molecule has 1 fully saturated rings. The van der Waals surface area contributed by atoms with Gasteiger partial charge in [0.1, 0.15) is 5.54 Å². The lowest BCUT2D eigenvalue weighted by Crippen LogP contribution is -2.53. The molecule has 0 N–H and O–H groups in total. The van der Waals surface area contributed by atoms with Crippen molar-refractivity contribution in [1.82, 2.24) is 14.5 Å². The molecule has 0 aromatic carbocycles. The maximum absolute atomic E-state index is 12.8. The van der Waals surface area contributed by atoms with Crippen LogP contribution in [0.15, 0.2) is 36.7 Å². The molecule has 2 aliphatic rings. The molecule has 27 heavy (non-hydrogen) atoms. The van der Waals surface area contributed by atoms with Gasteiger partial charge in [-0.3, -0.25) is 4.79 Å². The molecule has 0 bridgehead atoms. The van der Waals surface area contributed by atoms with Gasteiger partial charge in [0.15, 0.2) is 5.82 Å². The van der Waals surface area contributed by atoms with E-state index >= 15 is 0 Å². The van der Waals surface area contributed by atoms with E-state index in [-0.39, 0.29) is 11.4 Å². The van der Waals surface area contributed by atoms with E-state index in [1.165, 1.54) is 11.4 Å². The highest BCUT2D eigenvalue weighted by Crippen LogP contribution is 2.47. The largest absolute Gasteiger partial charge is 0.355 e. The quantitative estimate of drug-likeness (QED) is 0.804. The van der Waals surface area contributed by atoms with Crippen molar-refractivity contribution in [2.75, 3.05) is 24.5 Å². The Hall–Kier alpha value is -2.30. The summed E-state index contributed by atoms with van der Waals surface area (Å²) in [5.74, 6) is 1.68. The predicted molar refractivity (Wildman–Crippen MR) is 108 cm³/mol. The first kappa shape index (κ1) is 18.1. The van der Waals surface area contributed by atoms with Crippen LogP contribution in [0.2, 0.25) is 0 Å². The van der Waals surface area contributed by atoms with Crippen LogP contribution in [0, 0.1) is 5.92 Å². The maximum atomic E-state index is 12.8. The molecule has 5 heteroatoms. The number of fused-ring (bicyclic) bond motifs is 4. The number of nitrogens with zero attached hydrogens (tertiary/aromatic N) is 4. The van der Waals surface area contributed by atoms with E-state index in [1.54, 1.807) is 0 Å². The zero-order valence-electron chi connectivity index (χ0n) is 16.7. The fourth-order valence-electron chi connectivity index (χ4n) is 4.66. The van der Waals surface area contributed by atoms with Crippen molar-refractivity contribution in [1.29, 1.82) is 0 Å². The zero-order chi connectivity index (χ0) is 19.0. The van der Waals surface area contributed by atoms with Crippen molar-refractivity contribution in [3.8, 4) is 5.82 Å². The van der Waals surface area contributed by atoms with Crippen molar-refractivity contribution in [2.45, 2.75) is 52.0 Å². The van der Waals surface area contributed by atoms with Gasteiger partial charge < -0.3 is 14.4 Å². The Morgan fingerprint density at radius 3 is 2.93 bits per heavy atom. The van der Waals surface area contributed by atoms with Crippen LogP contribution in [0.5, 0.6) is 0 Å². The number of unbranched alkanes of at least 4 members (excludes halogenated alkanes) is 1. The number of hydrogen-bond donors (Lipinski definition) is 0. The monoisotopic (exact) mass is 366 g/mol. The smallest absolute Gasteiger partial charge is 0.222 e. The lowest BCUT2D eigenvalue weighted by molar-refractivity contribution is -0.131. The first-order valence-corrected chi connectivity index (χ1v) is 10.3. The number of carbonyl (C=O) groups excluding carboxylic acids is 1. The van der Waals surface area contributed by atoms with Crippen molar-refractivity contribution < 1.29 is 4.79 Å². The van der Waals surface area contributed by atoms with Crippen LogP contribution in [0.25, 0.3) is 5.82 Å². The fourth-order valence-corrected chi connectivity index (χ4v) is 4.66. The summed E-state index contributed by atoms with van der Waals surface area (Å²) in [5, 5.41) is 0. The van der Waals surface area contributed by atoms with Crippen molar-refractivity contribution in [3.05, 3.63) is 42.4 Å². The Labute approximate surface area is 162 Å². The number of aromatic nitrogens is 2. The second kappa shape index (κ2) is 7.02. The molecule has 2 aliphatic heterocycles. The molecule has 2 aromatic heterocycles. The number of likely N-dealkylation sites (tertiary alicyclic amines) is 1. The molecular formula is C22H30N4O. The van der Waals surface area contributed by atoms with Gasteiger partial charge in [0.2, 0.25) is 5.91 Å². The third-order valence-corrected chi connectivity index (χ3v) is 5.95. The Morgan fingerprint density at radius 1 is 1.30 bits per heavy atom. The van der Waals surface area contributed by atoms with E-state index in [0.717, 1.165) is 44.7 Å². The summed E-state index contributed by atoms with van der Waals surface area (Å²) in [6, 6.07) is 8.53. The second-order valence-electron chi connectivity index (χ2n) is 8.31. The standard InChI is InChI=1S/C22H30N4O/c1-4-5-13-26-18-8-6-11-23-21(18)25-12-7-9-19(25)22(26)10-14-24(16-22)20(27)15-17(2)3/h6-9,11-12,17H,4-5,10,13-16H2,1-3H3/t22-/m0/s1. The summed E-state index contributed by atoms with van der Waals surface area (Å²) in [4.78, 5) is 22.1. The molecule has 1 saturated heterocycles. The van der Waals surface area contributed by atoms with Crippen LogP contribution in [0.1, 0.15) is 52.1 Å². The lowest BCUT2D eigenvalue weighted by atomic mass is 9.88. The highest BCUT2D eigenvalue weighted by molar-refractivity contribution is 5.77. The number of rotatable bonds is 5. The summed E-state index contributed by atoms with van der Waals surface area (Å²) < 4.78 is 2.23. The second-order valence-corrected chi connectivity index (χ2v) is 8.31. The Bertz CT molecular complexity index is 827. The molecule has 4 rings (SSSR count). The Kier molecular flexibility index (Phi) is 4.70. The van der Waals surface area contributed by atoms with Gasteiger partial charge in [-0.25, -0.2) is 4.98 Å². The molecule has 0 unspecified atom stereocenters. The minimum atomic E-state index is -0.151. The Balaban J connectivity index is 1.76. The zero-order valence-corrected chi connectivity index (χ0v) is 16.7. The van der Waals surface area contributed by atoms with Crippen LogP contribution in [0.4, 0.5) is 5.69 Å². The molecule has 0 radical (unpaired) electrons. The summed E-state index contributed by atoms with van der Waals surface area (Å²) in [5.41, 5.74) is 2.30. The minimum Gasteiger partial charge on any atom is -0.355 e. The first-order valence-electron chi connectivity index (χ1n) is 10.3. The summed E-state index contributed by atoms with van der Waals surface area (Å²) in [6.45, 7) is 9.05. The van der Waals surface area contributed by atoms with Crippen molar-refractivity contribution >= 4 is 11.6 Å². The minimum absolute atomic E-state index is 0.151. The van der Waals surface area contributed by atoms with E-state index in [2.05, 4.69) is 64.5 Å². The van der Waals surface area contributed by atoms with Crippen LogP contribution in [0.3, 0.4) is 0 Å². The molecule has 1 spiro atoms. The Morgan fingerprint density at radius 2 is 2.15 bits per heavy atom. The topological polar surface area (TPSA) is 41.4 Å². The predicted octanol–water partition coefficient (Wildman–Crippen LogP) is 3.97. The first-order chi connectivity index (χ1) is 13.1. The van der Waals surface area contributed by atoms with Gasteiger partial charge in [0.25, 0.3) is 0 Å². The van der Waals surface area contributed by atoms with E-state index in [0.29, 0.717) is 12.3 Å². The average molecular weight is 367 g/mol. The van der Waals surface area contributed by atoms with Crippen LogP contribution in [-0.4, -0.2) is 40.0 Å². The summed E-state index contributed by atoms with van der Waals surface area (Å²) in [7, 11) is 0. The van der Waals surface area contributed by atoms with Gasteiger partial charge in [-0.05, 0) is 43.0 Å². The normalized spacial score (nSPS) is 21.0. The van der Waals surface area contributed by atoms with E-state index in [1.807, 2.05) is 12.3 Å². The number of pyridine rings is 1. The molecule has 5 nitrogen and oxygen atoms in total. The van der Waals surface area contributed by atoms with Gasteiger partial charge in [0.05, 0.1) is 11.4 Å². The molecule has 1 atom stereocenters. The molecule has 1 amide bonds. The average Bonchev–Trinajstić information content (AvgIpc) is 3.30. The highest BCUT2D eigenvalue weighted by atomic mass is 16.2. The molecule has 144 valence electrons. The summed E-state index contributed by atoms with van der Waals surface area (Å²) in [6.07, 6.45) is 7.86. The molecular weight excluding hydrogens is 336 g/mol. The summed E-state index contributed by atoms with van der Waals surface area (Å²) >= 11 is 0. The lowest BCUT2D eigenvalue weighted by Gasteiger charge is -2.47. The van der Waals surface area contributed by atoms with Crippen LogP contribution < -0.4 is 4.90 Å². The molecule has 2 aromatic rings. The maximum Gasteiger partial charge on any atom is 0.222 e. The third kappa shape index (κ3) is 2.93. The van der Waals surface area contributed by atoms with E-state index in [4.69, 9.17) is 0 Å². The number of amides is 1. The molecule has 0 saturated carbocycles. The van der Waals surface area contributed by atoms with Gasteiger partial charge in [0, 0.05) is 38.4 Å². The number of hydrogen-bond acceptors (Lipinski definition) is 3. The SMILES string of the molecule is CCCCN1c2cccnc2-n2cccc2[C@@]12CCN(C(=O)CC(C)C)C2.